The lowest BCUT2D eigenvalue weighted by atomic mass is 11.0. The predicted octanol–water partition coefficient (Wildman–Crippen LogP) is 0.854. The molecule has 1 nitrogen and oxygen atoms in total. The van der Waals surface area contributed by atoms with Crippen LogP contribution in [0.1, 0.15) is 6.92 Å². The fraction of sp³-hybridized carbons (Fsp3) is 1.00. The van der Waals surface area contributed by atoms with Crippen molar-refractivity contribution in [1.82, 2.24) is 0 Å². The molecule has 0 aliphatic carbocycles. The van der Waals surface area contributed by atoms with E-state index in [0.717, 1.165) is 13.0 Å². The predicted molar refractivity (Wildman–Crippen MR) is 24.5 cm³/mol. The smallest absolute Gasteiger partial charge is 0.0319 e. The van der Waals surface area contributed by atoms with Gasteiger partial charge in [0.2, 0.25) is 0 Å². The molecule has 34 valence electrons. The third-order valence-corrected chi connectivity index (χ3v) is 0. The van der Waals surface area contributed by atoms with Crippen molar-refractivity contribution >= 4 is 11.6 Å². The Bertz CT molecular complexity index is 6.85. The van der Waals surface area contributed by atoms with Gasteiger partial charge in [0.1, 0.15) is 0 Å². The van der Waals surface area contributed by atoms with Gasteiger partial charge in [-0.1, -0.05) is 6.92 Å². The Morgan fingerprint density at radius 1 is 1.60 bits per heavy atom. The molecule has 0 saturated carbocycles. The normalized spacial score (nSPS) is 4.80. The van der Waals surface area contributed by atoms with Crippen LogP contribution in [0.5, 0.6) is 0 Å². The molecule has 0 atom stereocenters. The summed E-state index contributed by atoms with van der Waals surface area (Å²) in [5.74, 6) is 0.722. The van der Waals surface area contributed by atoms with Gasteiger partial charge >= 0.3 is 0 Å². The minimum Gasteiger partial charge on any atom is -0.400 e. The molecule has 0 aromatic carbocycles. The molecular formula is C3H9ClO. The van der Waals surface area contributed by atoms with Crippen LogP contribution in [0.2, 0.25) is 0 Å². The van der Waals surface area contributed by atoms with E-state index < -0.39 is 0 Å². The maximum atomic E-state index is 7.00. The van der Waals surface area contributed by atoms with Crippen molar-refractivity contribution in [2.45, 2.75) is 6.92 Å². The van der Waals surface area contributed by atoms with E-state index in [1.807, 2.05) is 6.92 Å². The molecule has 5 heavy (non-hydrogen) atoms. The minimum absolute atomic E-state index is 0.722. The number of halogens is 1. The van der Waals surface area contributed by atoms with Crippen molar-refractivity contribution in [2.24, 2.45) is 0 Å². The van der Waals surface area contributed by atoms with Gasteiger partial charge in [0.15, 0.2) is 0 Å². The van der Waals surface area contributed by atoms with Gasteiger partial charge in [0, 0.05) is 13.0 Å². The zero-order chi connectivity index (χ0) is 4.71. The van der Waals surface area contributed by atoms with Gasteiger partial charge in [-0.3, -0.25) is 0 Å². The minimum atomic E-state index is 0.722. The standard InChI is InChI=1S/C2H5Cl.CH4O/c1-2-3;1-2/h2H2,1H3;2H,1H3. The summed E-state index contributed by atoms with van der Waals surface area (Å²) in [7, 11) is 1.00. The molecule has 0 aliphatic rings. The summed E-state index contributed by atoms with van der Waals surface area (Å²) in [6, 6.07) is 0. The number of hydrogen-bond acceptors (Lipinski definition) is 1. The van der Waals surface area contributed by atoms with Crippen LogP contribution in [0.4, 0.5) is 0 Å². The summed E-state index contributed by atoms with van der Waals surface area (Å²) in [4.78, 5) is 0. The van der Waals surface area contributed by atoms with E-state index in [4.69, 9.17) is 16.7 Å². The van der Waals surface area contributed by atoms with Crippen LogP contribution < -0.4 is 0 Å². The van der Waals surface area contributed by atoms with Crippen molar-refractivity contribution in [3.8, 4) is 0 Å². The Kier molecular flexibility index (Phi) is 51.6. The summed E-state index contributed by atoms with van der Waals surface area (Å²) in [5, 5.41) is 7.00. The van der Waals surface area contributed by atoms with Crippen molar-refractivity contribution in [2.75, 3.05) is 13.0 Å². The Morgan fingerprint density at radius 2 is 1.60 bits per heavy atom. The number of hydrogen-bond donors (Lipinski definition) is 1. The average Bonchev–Trinajstić information content (AvgIpc) is 1.46. The molecule has 0 unspecified atom stereocenters. The first-order chi connectivity index (χ1) is 2.41. The molecule has 0 heterocycles. The first-order valence-corrected chi connectivity index (χ1v) is 1.96. The van der Waals surface area contributed by atoms with Crippen LogP contribution in [-0.4, -0.2) is 18.1 Å². The van der Waals surface area contributed by atoms with E-state index in [2.05, 4.69) is 0 Å². The Hall–Kier alpha value is 0.250. The van der Waals surface area contributed by atoms with Crippen LogP contribution in [0, 0.1) is 0 Å². The zero-order valence-electron chi connectivity index (χ0n) is 3.53. The molecule has 0 spiro atoms. The summed E-state index contributed by atoms with van der Waals surface area (Å²) in [6.45, 7) is 1.89. The van der Waals surface area contributed by atoms with Crippen molar-refractivity contribution in [3.63, 3.8) is 0 Å². The first kappa shape index (κ1) is 8.98. The van der Waals surface area contributed by atoms with E-state index in [0.29, 0.717) is 0 Å². The van der Waals surface area contributed by atoms with Crippen molar-refractivity contribution < 1.29 is 5.11 Å². The third kappa shape index (κ3) is 344. The summed E-state index contributed by atoms with van der Waals surface area (Å²) >= 11 is 5.00. The molecule has 0 saturated heterocycles. The van der Waals surface area contributed by atoms with Gasteiger partial charge in [0.05, 0.1) is 0 Å². The van der Waals surface area contributed by atoms with Gasteiger partial charge in [-0.25, -0.2) is 0 Å². The van der Waals surface area contributed by atoms with E-state index in [1.165, 1.54) is 0 Å². The molecule has 0 amide bonds. The summed E-state index contributed by atoms with van der Waals surface area (Å²) in [5.41, 5.74) is 0. The number of aliphatic hydroxyl groups is 1. The van der Waals surface area contributed by atoms with Crippen molar-refractivity contribution in [3.05, 3.63) is 0 Å². The summed E-state index contributed by atoms with van der Waals surface area (Å²) < 4.78 is 0. The topological polar surface area (TPSA) is 20.2 Å². The summed E-state index contributed by atoms with van der Waals surface area (Å²) in [6.07, 6.45) is 0. The van der Waals surface area contributed by atoms with Crippen LogP contribution in [0.3, 0.4) is 0 Å². The Labute approximate surface area is 37.6 Å². The van der Waals surface area contributed by atoms with E-state index in [-0.39, 0.29) is 0 Å². The third-order valence-electron chi connectivity index (χ3n) is 0. The highest BCUT2D eigenvalue weighted by atomic mass is 35.5. The van der Waals surface area contributed by atoms with E-state index in [9.17, 15) is 0 Å². The fourth-order valence-electron chi connectivity index (χ4n) is 0. The van der Waals surface area contributed by atoms with Gasteiger partial charge in [-0.15, -0.1) is 11.6 Å². The first-order valence-electron chi connectivity index (χ1n) is 1.42. The maximum absolute atomic E-state index is 7.00. The highest BCUT2D eigenvalue weighted by molar-refractivity contribution is 6.17. The fourth-order valence-corrected chi connectivity index (χ4v) is 0. The molecule has 1 N–H and O–H groups in total. The highest BCUT2D eigenvalue weighted by Crippen LogP contribution is 1.59. The lowest BCUT2D eigenvalue weighted by molar-refractivity contribution is 0.399. The second-order valence-electron chi connectivity index (χ2n) is 0.267. The van der Waals surface area contributed by atoms with Gasteiger partial charge in [0.25, 0.3) is 0 Å². The molecule has 0 radical (unpaired) electrons. The molecule has 0 rings (SSSR count). The van der Waals surface area contributed by atoms with Gasteiger partial charge in [-0.2, -0.15) is 0 Å². The second kappa shape index (κ2) is 28.7. The molecule has 0 fully saturated rings. The van der Waals surface area contributed by atoms with Crippen LogP contribution in [0.25, 0.3) is 0 Å². The van der Waals surface area contributed by atoms with E-state index in [1.54, 1.807) is 0 Å². The lowest BCUT2D eigenvalue weighted by Crippen LogP contribution is -1.36. The van der Waals surface area contributed by atoms with Crippen LogP contribution in [-0.2, 0) is 0 Å². The number of rotatable bonds is 0. The molecule has 0 aromatic heterocycles. The van der Waals surface area contributed by atoms with E-state index >= 15 is 0 Å². The average molecular weight is 96.6 g/mol. The van der Waals surface area contributed by atoms with Crippen LogP contribution in [0.15, 0.2) is 0 Å². The second-order valence-corrected chi connectivity index (χ2v) is 0.802. The molecule has 0 bridgehead atoms. The van der Waals surface area contributed by atoms with Crippen molar-refractivity contribution in [1.29, 1.82) is 0 Å². The Balaban J connectivity index is 0. The molecular weight excluding hydrogens is 87.5 g/mol. The SMILES string of the molecule is CCCl.CO. The lowest BCUT2D eigenvalue weighted by Gasteiger charge is -1.45. The van der Waals surface area contributed by atoms with Crippen LogP contribution >= 0.6 is 11.6 Å². The maximum Gasteiger partial charge on any atom is 0.0319 e. The van der Waals surface area contributed by atoms with Gasteiger partial charge in [-0.05, 0) is 0 Å². The van der Waals surface area contributed by atoms with Gasteiger partial charge < -0.3 is 5.11 Å². The Morgan fingerprint density at radius 3 is 1.60 bits per heavy atom. The molecule has 2 heteroatoms. The number of alkyl halides is 1. The highest BCUT2D eigenvalue weighted by Gasteiger charge is 1.38. The quantitative estimate of drug-likeness (QED) is 0.444. The molecule has 0 aromatic rings. The number of aliphatic hydroxyl groups excluding tert-OH is 1. The molecule has 0 aliphatic heterocycles. The monoisotopic (exact) mass is 96.0 g/mol. The zero-order valence-corrected chi connectivity index (χ0v) is 4.29. The largest absolute Gasteiger partial charge is 0.400 e.